The van der Waals surface area contributed by atoms with Gasteiger partial charge in [-0.05, 0) is 19.1 Å². The van der Waals surface area contributed by atoms with Crippen molar-refractivity contribution >= 4 is 11.2 Å². The third-order valence-corrected chi connectivity index (χ3v) is 3.99. The minimum absolute atomic E-state index is 0.590. The molecule has 0 bridgehead atoms. The van der Waals surface area contributed by atoms with Crippen molar-refractivity contribution in [1.82, 2.24) is 20.2 Å². The molecule has 0 aliphatic rings. The van der Waals surface area contributed by atoms with Gasteiger partial charge in [-0.3, -0.25) is 5.10 Å². The molecule has 24 heavy (non-hydrogen) atoms. The molecule has 5 heteroatoms. The summed E-state index contributed by atoms with van der Waals surface area (Å²) < 4.78 is 5.45. The molecule has 0 spiro atoms. The van der Waals surface area contributed by atoms with E-state index in [-0.39, 0.29) is 0 Å². The lowest BCUT2D eigenvalue weighted by Gasteiger charge is -2.06. The van der Waals surface area contributed by atoms with Gasteiger partial charge >= 0.3 is 0 Å². The van der Waals surface area contributed by atoms with Crippen LogP contribution in [0.5, 0.6) is 5.75 Å². The van der Waals surface area contributed by atoms with Crippen molar-refractivity contribution in [2.45, 2.75) is 6.92 Å². The highest BCUT2D eigenvalue weighted by atomic mass is 16.5. The normalized spacial score (nSPS) is 10.9. The maximum absolute atomic E-state index is 5.45. The number of hydrogen-bond donors (Lipinski definition) is 1. The van der Waals surface area contributed by atoms with E-state index in [0.29, 0.717) is 5.65 Å². The molecule has 0 radical (unpaired) electrons. The Morgan fingerprint density at radius 3 is 2.58 bits per heavy atom. The molecule has 4 aromatic rings. The Bertz CT molecular complexity index is 1010. The van der Waals surface area contributed by atoms with Crippen molar-refractivity contribution in [2.24, 2.45) is 0 Å². The zero-order chi connectivity index (χ0) is 16.5. The van der Waals surface area contributed by atoms with Gasteiger partial charge in [0.1, 0.15) is 11.3 Å². The van der Waals surface area contributed by atoms with E-state index in [0.717, 1.165) is 33.8 Å². The van der Waals surface area contributed by atoms with E-state index in [4.69, 9.17) is 9.72 Å². The van der Waals surface area contributed by atoms with E-state index in [9.17, 15) is 0 Å². The molecule has 0 aliphatic heterocycles. The highest BCUT2D eigenvalue weighted by Gasteiger charge is 2.15. The van der Waals surface area contributed by atoms with Gasteiger partial charge in [-0.15, -0.1) is 0 Å². The summed E-state index contributed by atoms with van der Waals surface area (Å²) in [7, 11) is 1.65. The summed E-state index contributed by atoms with van der Waals surface area (Å²) in [5, 5.41) is 7.30. The van der Waals surface area contributed by atoms with E-state index >= 15 is 0 Å². The first kappa shape index (κ1) is 14.4. The van der Waals surface area contributed by atoms with Crippen LogP contribution in [0.15, 0.2) is 54.7 Å². The Kier molecular flexibility index (Phi) is 3.46. The van der Waals surface area contributed by atoms with Gasteiger partial charge in [0.25, 0.3) is 0 Å². The number of methoxy groups -OCH3 is 1. The number of para-hydroxylation sites is 1. The summed E-state index contributed by atoms with van der Waals surface area (Å²) in [5.74, 6) is 0.769. The maximum Gasteiger partial charge on any atom is 0.200 e. The number of nitrogens with one attached hydrogen (secondary N) is 1. The summed E-state index contributed by atoms with van der Waals surface area (Å²) in [5.41, 5.74) is 6.11. The average Bonchev–Trinajstić information content (AvgIpc) is 3.05. The number of ether oxygens (including phenoxy) is 1. The Balaban J connectivity index is 1.89. The number of aromatic nitrogens is 4. The maximum atomic E-state index is 5.45. The summed E-state index contributed by atoms with van der Waals surface area (Å²) in [6.07, 6.45) is 1.75. The van der Waals surface area contributed by atoms with Crippen LogP contribution < -0.4 is 4.74 Å². The van der Waals surface area contributed by atoms with E-state index in [1.165, 1.54) is 5.56 Å². The molecule has 0 saturated heterocycles. The molecule has 0 amide bonds. The second-order valence-corrected chi connectivity index (χ2v) is 5.59. The predicted molar refractivity (Wildman–Crippen MR) is 93.8 cm³/mol. The highest BCUT2D eigenvalue weighted by Crippen LogP contribution is 2.32. The van der Waals surface area contributed by atoms with Crippen molar-refractivity contribution in [2.75, 3.05) is 7.11 Å². The molecular weight excluding hydrogens is 300 g/mol. The second-order valence-electron chi connectivity index (χ2n) is 5.59. The van der Waals surface area contributed by atoms with E-state index in [1.807, 2.05) is 36.4 Å². The Labute approximate surface area is 139 Å². The molecule has 2 aromatic carbocycles. The molecule has 0 saturated carbocycles. The summed E-state index contributed by atoms with van der Waals surface area (Å²) >= 11 is 0. The zero-order valence-electron chi connectivity index (χ0n) is 13.4. The number of nitrogens with zero attached hydrogens (tertiary/aromatic N) is 3. The van der Waals surface area contributed by atoms with Gasteiger partial charge in [-0.25, -0.2) is 9.97 Å². The Hall–Kier alpha value is -3.21. The predicted octanol–water partition coefficient (Wildman–Crippen LogP) is 4.00. The molecule has 2 aromatic heterocycles. The lowest BCUT2D eigenvalue weighted by Crippen LogP contribution is -1.90. The number of aromatic amines is 1. The van der Waals surface area contributed by atoms with Crippen LogP contribution in [0, 0.1) is 6.92 Å². The van der Waals surface area contributed by atoms with Crippen molar-refractivity contribution in [3.8, 4) is 28.3 Å². The summed E-state index contributed by atoms with van der Waals surface area (Å²) in [6, 6.07) is 16.0. The second kappa shape index (κ2) is 5.77. The lowest BCUT2D eigenvalue weighted by atomic mass is 10.1. The number of H-pyrrole nitrogens is 1. The first-order valence-corrected chi connectivity index (χ1v) is 7.68. The molecule has 1 N–H and O–H groups in total. The van der Waals surface area contributed by atoms with Crippen LogP contribution in [0.2, 0.25) is 0 Å². The topological polar surface area (TPSA) is 63.7 Å². The van der Waals surface area contributed by atoms with E-state index in [2.05, 4.69) is 34.2 Å². The first-order valence-electron chi connectivity index (χ1n) is 7.68. The Morgan fingerprint density at radius 1 is 1.00 bits per heavy atom. The lowest BCUT2D eigenvalue weighted by molar-refractivity contribution is 0.416. The number of fused-ring (bicyclic) bond motifs is 1. The van der Waals surface area contributed by atoms with Crippen LogP contribution in [0.1, 0.15) is 5.56 Å². The monoisotopic (exact) mass is 316 g/mol. The number of hydrogen-bond acceptors (Lipinski definition) is 4. The first-order chi connectivity index (χ1) is 11.8. The molecule has 0 unspecified atom stereocenters. The number of benzene rings is 2. The van der Waals surface area contributed by atoms with Crippen LogP contribution in [0.25, 0.3) is 33.7 Å². The van der Waals surface area contributed by atoms with E-state index < -0.39 is 0 Å². The van der Waals surface area contributed by atoms with E-state index in [1.54, 1.807) is 13.3 Å². The van der Waals surface area contributed by atoms with Crippen molar-refractivity contribution in [1.29, 1.82) is 0 Å². The minimum atomic E-state index is 0.590. The third kappa shape index (κ3) is 2.40. The van der Waals surface area contributed by atoms with Gasteiger partial charge in [0.2, 0.25) is 0 Å². The van der Waals surface area contributed by atoms with Gasteiger partial charge in [0.15, 0.2) is 5.65 Å². The highest BCUT2D eigenvalue weighted by molar-refractivity contribution is 5.90. The summed E-state index contributed by atoms with van der Waals surface area (Å²) in [6.45, 7) is 2.06. The molecule has 5 nitrogen and oxygen atoms in total. The van der Waals surface area contributed by atoms with Gasteiger partial charge in [0.05, 0.1) is 24.7 Å². The smallest absolute Gasteiger partial charge is 0.200 e. The standard InChI is InChI=1S/C19H16N4O/c1-12-7-9-13(10-8-12)15-11-20-19-18(21-15)17(22-23-19)14-5-3-4-6-16(14)24-2/h3-11H,1-2H3,(H,20,22,23). The summed E-state index contributed by atoms with van der Waals surface area (Å²) in [4.78, 5) is 9.21. The molecule has 4 rings (SSSR count). The van der Waals surface area contributed by atoms with Crippen molar-refractivity contribution in [3.05, 3.63) is 60.3 Å². The fourth-order valence-electron chi connectivity index (χ4n) is 2.70. The van der Waals surface area contributed by atoms with Crippen LogP contribution >= 0.6 is 0 Å². The van der Waals surface area contributed by atoms with Crippen LogP contribution in [-0.4, -0.2) is 27.3 Å². The van der Waals surface area contributed by atoms with Gasteiger partial charge < -0.3 is 4.74 Å². The van der Waals surface area contributed by atoms with Crippen LogP contribution in [0.3, 0.4) is 0 Å². The van der Waals surface area contributed by atoms with Crippen LogP contribution in [0.4, 0.5) is 0 Å². The van der Waals surface area contributed by atoms with Crippen LogP contribution in [-0.2, 0) is 0 Å². The average molecular weight is 316 g/mol. The number of aryl methyl sites for hydroxylation is 1. The molecule has 2 heterocycles. The van der Waals surface area contributed by atoms with Crippen molar-refractivity contribution < 1.29 is 4.74 Å². The Morgan fingerprint density at radius 2 is 1.79 bits per heavy atom. The third-order valence-electron chi connectivity index (χ3n) is 3.99. The molecular formula is C19H16N4O. The van der Waals surface area contributed by atoms with Gasteiger partial charge in [0, 0.05) is 11.1 Å². The fourth-order valence-corrected chi connectivity index (χ4v) is 2.70. The van der Waals surface area contributed by atoms with Crippen molar-refractivity contribution in [3.63, 3.8) is 0 Å². The number of rotatable bonds is 3. The molecule has 0 aliphatic carbocycles. The molecule has 118 valence electrons. The zero-order valence-corrected chi connectivity index (χ0v) is 13.4. The quantitative estimate of drug-likeness (QED) is 0.620. The SMILES string of the molecule is COc1ccccc1-c1[nH]nc2ncc(-c3ccc(C)cc3)nc12. The van der Waals surface area contributed by atoms with Gasteiger partial charge in [-0.2, -0.15) is 5.10 Å². The molecule has 0 atom stereocenters. The minimum Gasteiger partial charge on any atom is -0.496 e. The largest absolute Gasteiger partial charge is 0.496 e. The molecule has 0 fully saturated rings. The fraction of sp³-hybridized carbons (Fsp3) is 0.105. The van der Waals surface area contributed by atoms with Gasteiger partial charge in [-0.1, -0.05) is 42.0 Å².